The number of amides is 1. The van der Waals surface area contributed by atoms with E-state index in [-0.39, 0.29) is 11.8 Å². The summed E-state index contributed by atoms with van der Waals surface area (Å²) in [6, 6.07) is 8.18. The van der Waals surface area contributed by atoms with E-state index in [1.54, 1.807) is 7.11 Å². The summed E-state index contributed by atoms with van der Waals surface area (Å²) in [4.78, 5) is 11.7. The molecule has 0 saturated heterocycles. The standard InChI is InChI=1S/C15H24N2O2/c1-12(11-19-2)9-15(18)17-10-14-5-3-13(4-6-14)7-8-16/h3-6,12H,7-11,16H2,1-2H3,(H,17,18). The minimum Gasteiger partial charge on any atom is -0.384 e. The second-order valence-electron chi connectivity index (χ2n) is 4.90. The van der Waals surface area contributed by atoms with Crippen LogP contribution >= 0.6 is 0 Å². The van der Waals surface area contributed by atoms with Crippen molar-refractivity contribution in [3.63, 3.8) is 0 Å². The molecule has 19 heavy (non-hydrogen) atoms. The van der Waals surface area contributed by atoms with E-state index in [1.165, 1.54) is 5.56 Å². The molecule has 0 heterocycles. The first-order valence-electron chi connectivity index (χ1n) is 6.69. The Kier molecular flexibility index (Phi) is 7.15. The molecule has 0 aromatic heterocycles. The van der Waals surface area contributed by atoms with Gasteiger partial charge in [0, 0.05) is 26.7 Å². The third-order valence-corrected chi connectivity index (χ3v) is 2.93. The fourth-order valence-corrected chi connectivity index (χ4v) is 1.92. The smallest absolute Gasteiger partial charge is 0.220 e. The monoisotopic (exact) mass is 264 g/mol. The van der Waals surface area contributed by atoms with Crippen molar-refractivity contribution >= 4 is 5.91 Å². The normalized spacial score (nSPS) is 12.2. The minimum atomic E-state index is 0.0654. The van der Waals surface area contributed by atoms with Gasteiger partial charge in [0.05, 0.1) is 0 Å². The Bertz CT molecular complexity index is 376. The number of nitrogens with one attached hydrogen (secondary N) is 1. The molecule has 0 spiro atoms. The molecule has 0 aliphatic carbocycles. The molecule has 0 fully saturated rings. The van der Waals surface area contributed by atoms with E-state index < -0.39 is 0 Å². The van der Waals surface area contributed by atoms with Crippen LogP contribution in [0.2, 0.25) is 0 Å². The van der Waals surface area contributed by atoms with Gasteiger partial charge in [-0.3, -0.25) is 4.79 Å². The van der Waals surface area contributed by atoms with Crippen LogP contribution in [0, 0.1) is 5.92 Å². The van der Waals surface area contributed by atoms with Crippen molar-refractivity contribution in [2.45, 2.75) is 26.3 Å². The van der Waals surface area contributed by atoms with E-state index >= 15 is 0 Å². The second kappa shape index (κ2) is 8.67. The van der Waals surface area contributed by atoms with Gasteiger partial charge in [-0.1, -0.05) is 31.2 Å². The van der Waals surface area contributed by atoms with Crippen LogP contribution in [0.25, 0.3) is 0 Å². The Morgan fingerprint density at radius 1 is 1.32 bits per heavy atom. The Balaban J connectivity index is 2.33. The second-order valence-corrected chi connectivity index (χ2v) is 4.90. The summed E-state index contributed by atoms with van der Waals surface area (Å²) in [6.45, 7) is 3.85. The molecule has 0 radical (unpaired) electrons. The molecule has 1 aromatic carbocycles. The van der Waals surface area contributed by atoms with Gasteiger partial charge in [0.25, 0.3) is 0 Å². The van der Waals surface area contributed by atoms with Crippen molar-refractivity contribution in [1.29, 1.82) is 0 Å². The maximum absolute atomic E-state index is 11.7. The highest BCUT2D eigenvalue weighted by atomic mass is 16.5. The lowest BCUT2D eigenvalue weighted by Gasteiger charge is -2.10. The number of rotatable bonds is 8. The summed E-state index contributed by atoms with van der Waals surface area (Å²) in [5, 5.41) is 2.92. The van der Waals surface area contributed by atoms with Crippen molar-refractivity contribution in [3.8, 4) is 0 Å². The molecule has 4 nitrogen and oxygen atoms in total. The maximum Gasteiger partial charge on any atom is 0.220 e. The van der Waals surface area contributed by atoms with Gasteiger partial charge in [-0.25, -0.2) is 0 Å². The summed E-state index contributed by atoms with van der Waals surface area (Å²) < 4.78 is 5.01. The molecule has 106 valence electrons. The van der Waals surface area contributed by atoms with Gasteiger partial charge in [-0.2, -0.15) is 0 Å². The van der Waals surface area contributed by atoms with Gasteiger partial charge in [0.2, 0.25) is 5.91 Å². The molecule has 1 amide bonds. The average molecular weight is 264 g/mol. The zero-order valence-corrected chi connectivity index (χ0v) is 11.8. The number of benzene rings is 1. The highest BCUT2D eigenvalue weighted by Gasteiger charge is 2.08. The van der Waals surface area contributed by atoms with Crippen LogP contribution in [0.4, 0.5) is 0 Å². The molecule has 0 aliphatic rings. The van der Waals surface area contributed by atoms with Crippen molar-refractivity contribution in [3.05, 3.63) is 35.4 Å². The number of hydrogen-bond acceptors (Lipinski definition) is 3. The predicted octanol–water partition coefficient (Wildman–Crippen LogP) is 1.48. The van der Waals surface area contributed by atoms with Crippen LogP contribution in [-0.2, 0) is 22.5 Å². The summed E-state index contributed by atoms with van der Waals surface area (Å²) in [5.41, 5.74) is 7.83. The molecule has 1 aromatic rings. The molecule has 1 unspecified atom stereocenters. The van der Waals surface area contributed by atoms with E-state index in [9.17, 15) is 4.79 Å². The number of ether oxygens (including phenoxy) is 1. The molecule has 1 atom stereocenters. The number of nitrogens with two attached hydrogens (primary N) is 1. The zero-order valence-electron chi connectivity index (χ0n) is 11.8. The molecule has 1 rings (SSSR count). The lowest BCUT2D eigenvalue weighted by atomic mass is 10.1. The first kappa shape index (κ1) is 15.7. The summed E-state index contributed by atoms with van der Waals surface area (Å²) in [7, 11) is 1.65. The topological polar surface area (TPSA) is 64.3 Å². The van der Waals surface area contributed by atoms with E-state index in [0.717, 1.165) is 12.0 Å². The largest absolute Gasteiger partial charge is 0.384 e. The Hall–Kier alpha value is -1.39. The first-order valence-corrected chi connectivity index (χ1v) is 6.69. The van der Waals surface area contributed by atoms with Gasteiger partial charge in [-0.15, -0.1) is 0 Å². The van der Waals surface area contributed by atoms with E-state index in [4.69, 9.17) is 10.5 Å². The van der Waals surface area contributed by atoms with E-state index in [1.807, 2.05) is 19.1 Å². The van der Waals surface area contributed by atoms with Gasteiger partial charge in [-0.05, 0) is 30.0 Å². The van der Waals surface area contributed by atoms with Crippen molar-refractivity contribution < 1.29 is 9.53 Å². The van der Waals surface area contributed by atoms with Crippen LogP contribution in [0.1, 0.15) is 24.5 Å². The van der Waals surface area contributed by atoms with Crippen LogP contribution < -0.4 is 11.1 Å². The molecule has 0 saturated carbocycles. The fraction of sp³-hybridized carbons (Fsp3) is 0.533. The van der Waals surface area contributed by atoms with Crippen molar-refractivity contribution in [2.24, 2.45) is 11.7 Å². The maximum atomic E-state index is 11.7. The van der Waals surface area contributed by atoms with Gasteiger partial charge in [0.15, 0.2) is 0 Å². The number of carbonyl (C=O) groups excluding carboxylic acids is 1. The molecular weight excluding hydrogens is 240 g/mol. The molecule has 0 aliphatic heterocycles. The van der Waals surface area contributed by atoms with Crippen molar-refractivity contribution in [1.82, 2.24) is 5.32 Å². The average Bonchev–Trinajstić information content (AvgIpc) is 2.38. The fourth-order valence-electron chi connectivity index (χ4n) is 1.92. The molecule has 3 N–H and O–H groups in total. The third-order valence-electron chi connectivity index (χ3n) is 2.93. The first-order chi connectivity index (χ1) is 9.15. The van der Waals surface area contributed by atoms with Crippen LogP contribution in [0.15, 0.2) is 24.3 Å². The Labute approximate surface area is 115 Å². The minimum absolute atomic E-state index is 0.0654. The molecule has 4 heteroatoms. The van der Waals surface area contributed by atoms with Crippen molar-refractivity contribution in [2.75, 3.05) is 20.3 Å². The highest BCUT2D eigenvalue weighted by Crippen LogP contribution is 2.06. The molecule has 0 bridgehead atoms. The van der Waals surface area contributed by atoms with Crippen LogP contribution in [0.5, 0.6) is 0 Å². The van der Waals surface area contributed by atoms with Gasteiger partial charge >= 0.3 is 0 Å². The van der Waals surface area contributed by atoms with E-state index in [0.29, 0.717) is 26.1 Å². The van der Waals surface area contributed by atoms with Crippen LogP contribution in [-0.4, -0.2) is 26.2 Å². The zero-order chi connectivity index (χ0) is 14.1. The Morgan fingerprint density at radius 2 is 1.95 bits per heavy atom. The van der Waals surface area contributed by atoms with Gasteiger partial charge < -0.3 is 15.8 Å². The number of hydrogen-bond donors (Lipinski definition) is 2. The lowest BCUT2D eigenvalue weighted by Crippen LogP contribution is -2.25. The SMILES string of the molecule is COCC(C)CC(=O)NCc1ccc(CCN)cc1. The number of methoxy groups -OCH3 is 1. The summed E-state index contributed by atoms with van der Waals surface area (Å²) in [6.07, 6.45) is 1.39. The summed E-state index contributed by atoms with van der Waals surface area (Å²) >= 11 is 0. The molecular formula is C15H24N2O2. The number of carbonyl (C=O) groups is 1. The highest BCUT2D eigenvalue weighted by molar-refractivity contribution is 5.76. The van der Waals surface area contributed by atoms with E-state index in [2.05, 4.69) is 17.4 Å². The Morgan fingerprint density at radius 3 is 2.53 bits per heavy atom. The van der Waals surface area contributed by atoms with Crippen LogP contribution in [0.3, 0.4) is 0 Å². The predicted molar refractivity (Wildman–Crippen MR) is 76.7 cm³/mol. The quantitative estimate of drug-likeness (QED) is 0.747. The van der Waals surface area contributed by atoms with Gasteiger partial charge in [0.1, 0.15) is 0 Å². The summed E-state index contributed by atoms with van der Waals surface area (Å²) in [5.74, 6) is 0.313. The third kappa shape index (κ3) is 6.36. The lowest BCUT2D eigenvalue weighted by molar-refractivity contribution is -0.122.